The average molecular weight is 262 g/mol. The second-order valence-electron chi connectivity index (χ2n) is 3.88. The van der Waals surface area contributed by atoms with E-state index in [1.807, 2.05) is 0 Å². The molecule has 0 bridgehead atoms. The van der Waals surface area contributed by atoms with Crippen LogP contribution in [0.4, 0.5) is 4.39 Å². The number of hydrogen-bond donors (Lipinski definition) is 2. The van der Waals surface area contributed by atoms with Crippen LogP contribution >= 0.6 is 0 Å². The molecule has 0 saturated heterocycles. The van der Waals surface area contributed by atoms with E-state index in [0.717, 1.165) is 0 Å². The van der Waals surface area contributed by atoms with Gasteiger partial charge in [0.1, 0.15) is 17.9 Å². The number of ether oxygens (including phenoxy) is 1. The minimum Gasteiger partial charge on any atom is -0.507 e. The molecule has 0 aromatic heterocycles. The fourth-order valence-corrected chi connectivity index (χ4v) is 1.57. The number of aromatic carboxylic acids is 1. The molecule has 5 heteroatoms. The molecular weight excluding hydrogens is 251 g/mol. The largest absolute Gasteiger partial charge is 0.507 e. The van der Waals surface area contributed by atoms with Crippen LogP contribution in [0.3, 0.4) is 0 Å². The van der Waals surface area contributed by atoms with E-state index in [2.05, 4.69) is 0 Å². The zero-order valence-corrected chi connectivity index (χ0v) is 9.84. The first-order chi connectivity index (χ1) is 9.08. The maximum Gasteiger partial charge on any atom is 0.339 e. The van der Waals surface area contributed by atoms with Crippen molar-refractivity contribution < 1.29 is 24.1 Å². The predicted octanol–water partition coefficient (Wildman–Crippen LogP) is 2.81. The Bertz CT molecular complexity index is 610. The molecule has 0 fully saturated rings. The normalized spacial score (nSPS) is 10.2. The summed E-state index contributed by atoms with van der Waals surface area (Å²) < 4.78 is 18.6. The molecule has 0 aliphatic carbocycles. The number of halogens is 1. The van der Waals surface area contributed by atoms with E-state index in [4.69, 9.17) is 9.84 Å². The first-order valence-electron chi connectivity index (χ1n) is 5.50. The molecule has 0 heterocycles. The summed E-state index contributed by atoms with van der Waals surface area (Å²) in [4.78, 5) is 10.8. The van der Waals surface area contributed by atoms with Gasteiger partial charge in [-0.3, -0.25) is 0 Å². The molecule has 2 aromatic carbocycles. The summed E-state index contributed by atoms with van der Waals surface area (Å²) in [5.74, 6) is -1.94. The van der Waals surface area contributed by atoms with Gasteiger partial charge in [0.25, 0.3) is 0 Å². The molecule has 2 aromatic rings. The van der Waals surface area contributed by atoms with Crippen molar-refractivity contribution in [3.8, 4) is 11.5 Å². The number of phenols is 1. The molecule has 0 radical (unpaired) electrons. The lowest BCUT2D eigenvalue weighted by Crippen LogP contribution is -2.01. The van der Waals surface area contributed by atoms with E-state index in [1.165, 1.54) is 30.3 Å². The number of para-hydroxylation sites is 1. The van der Waals surface area contributed by atoms with Crippen LogP contribution in [0.1, 0.15) is 15.9 Å². The topological polar surface area (TPSA) is 66.8 Å². The van der Waals surface area contributed by atoms with E-state index in [9.17, 15) is 14.3 Å². The summed E-state index contributed by atoms with van der Waals surface area (Å²) >= 11 is 0. The highest BCUT2D eigenvalue weighted by Gasteiger charge is 2.10. The molecule has 0 atom stereocenters. The molecule has 0 unspecified atom stereocenters. The van der Waals surface area contributed by atoms with Crippen molar-refractivity contribution in [2.45, 2.75) is 6.61 Å². The Morgan fingerprint density at radius 2 is 1.95 bits per heavy atom. The lowest BCUT2D eigenvalue weighted by Gasteiger charge is -2.08. The van der Waals surface area contributed by atoms with Gasteiger partial charge in [0, 0.05) is 0 Å². The summed E-state index contributed by atoms with van der Waals surface area (Å²) in [6.07, 6.45) is 0. The molecule has 98 valence electrons. The van der Waals surface area contributed by atoms with Crippen LogP contribution in [-0.4, -0.2) is 16.2 Å². The van der Waals surface area contributed by atoms with Crippen molar-refractivity contribution in [2.75, 3.05) is 0 Å². The smallest absolute Gasteiger partial charge is 0.339 e. The van der Waals surface area contributed by atoms with Gasteiger partial charge in [-0.15, -0.1) is 0 Å². The molecule has 0 aliphatic heterocycles. The zero-order chi connectivity index (χ0) is 13.8. The van der Waals surface area contributed by atoms with Gasteiger partial charge in [-0.05, 0) is 29.8 Å². The SMILES string of the molecule is O=C(O)c1cc(COc2ccccc2F)ccc1O. The van der Waals surface area contributed by atoms with Crippen molar-refractivity contribution in [3.63, 3.8) is 0 Å². The number of aromatic hydroxyl groups is 1. The molecule has 0 spiro atoms. The maximum atomic E-state index is 13.3. The number of hydrogen-bond acceptors (Lipinski definition) is 3. The average Bonchev–Trinajstić information content (AvgIpc) is 2.39. The summed E-state index contributed by atoms with van der Waals surface area (Å²) in [7, 11) is 0. The first-order valence-corrected chi connectivity index (χ1v) is 5.50. The van der Waals surface area contributed by atoms with Gasteiger partial charge in [-0.2, -0.15) is 0 Å². The van der Waals surface area contributed by atoms with Gasteiger partial charge in [-0.1, -0.05) is 18.2 Å². The Morgan fingerprint density at radius 3 is 2.63 bits per heavy atom. The molecule has 2 rings (SSSR count). The molecule has 0 saturated carbocycles. The van der Waals surface area contributed by atoms with Crippen LogP contribution in [0.2, 0.25) is 0 Å². The number of benzene rings is 2. The number of carboxylic acids is 1. The van der Waals surface area contributed by atoms with Gasteiger partial charge in [-0.25, -0.2) is 9.18 Å². The Morgan fingerprint density at radius 1 is 1.21 bits per heavy atom. The standard InChI is InChI=1S/C14H11FO4/c15-11-3-1-2-4-13(11)19-8-9-5-6-12(16)10(7-9)14(17)18/h1-7,16H,8H2,(H,17,18). The van der Waals surface area contributed by atoms with Gasteiger partial charge in [0.2, 0.25) is 0 Å². The molecule has 0 amide bonds. The molecular formula is C14H11FO4. The third-order valence-electron chi connectivity index (χ3n) is 2.52. The lowest BCUT2D eigenvalue weighted by molar-refractivity contribution is 0.0693. The number of carboxylic acid groups (broad SMARTS) is 1. The predicted molar refractivity (Wildman–Crippen MR) is 65.8 cm³/mol. The van der Waals surface area contributed by atoms with Crippen molar-refractivity contribution in [1.82, 2.24) is 0 Å². The van der Waals surface area contributed by atoms with Crippen LogP contribution in [0.15, 0.2) is 42.5 Å². The lowest BCUT2D eigenvalue weighted by atomic mass is 10.1. The van der Waals surface area contributed by atoms with Crippen LogP contribution < -0.4 is 4.74 Å². The van der Waals surface area contributed by atoms with Crippen molar-refractivity contribution >= 4 is 5.97 Å². The first kappa shape index (κ1) is 12.9. The minimum atomic E-state index is -1.23. The van der Waals surface area contributed by atoms with E-state index in [0.29, 0.717) is 5.56 Å². The van der Waals surface area contributed by atoms with E-state index in [-0.39, 0.29) is 23.7 Å². The molecule has 4 nitrogen and oxygen atoms in total. The van der Waals surface area contributed by atoms with Crippen LogP contribution in [-0.2, 0) is 6.61 Å². The fraction of sp³-hybridized carbons (Fsp3) is 0.0714. The van der Waals surface area contributed by atoms with Gasteiger partial charge in [0.05, 0.1) is 0 Å². The van der Waals surface area contributed by atoms with Gasteiger partial charge < -0.3 is 14.9 Å². The summed E-state index contributed by atoms with van der Waals surface area (Å²) in [5.41, 5.74) is 0.313. The molecule has 19 heavy (non-hydrogen) atoms. The Hall–Kier alpha value is -2.56. The Labute approximate surface area is 108 Å². The second kappa shape index (κ2) is 5.39. The summed E-state index contributed by atoms with van der Waals surface area (Å²) in [5, 5.41) is 18.2. The number of rotatable bonds is 4. The zero-order valence-electron chi connectivity index (χ0n) is 9.84. The quantitative estimate of drug-likeness (QED) is 0.889. The monoisotopic (exact) mass is 262 g/mol. The van der Waals surface area contributed by atoms with Gasteiger partial charge >= 0.3 is 5.97 Å². The van der Waals surface area contributed by atoms with Crippen LogP contribution in [0, 0.1) is 5.82 Å². The Kier molecular flexibility index (Phi) is 3.66. The summed E-state index contributed by atoms with van der Waals surface area (Å²) in [6, 6.07) is 10.0. The number of carbonyl (C=O) groups is 1. The summed E-state index contributed by atoms with van der Waals surface area (Å²) in [6.45, 7) is 0.0154. The third kappa shape index (κ3) is 3.01. The van der Waals surface area contributed by atoms with E-state index >= 15 is 0 Å². The van der Waals surface area contributed by atoms with E-state index in [1.54, 1.807) is 12.1 Å². The maximum absolute atomic E-state index is 13.3. The van der Waals surface area contributed by atoms with Crippen molar-refractivity contribution in [3.05, 3.63) is 59.4 Å². The highest BCUT2D eigenvalue weighted by atomic mass is 19.1. The molecule has 0 aliphatic rings. The third-order valence-corrected chi connectivity index (χ3v) is 2.52. The van der Waals surface area contributed by atoms with Crippen LogP contribution in [0.25, 0.3) is 0 Å². The van der Waals surface area contributed by atoms with Gasteiger partial charge in [0.15, 0.2) is 11.6 Å². The highest BCUT2D eigenvalue weighted by Crippen LogP contribution is 2.21. The minimum absolute atomic E-state index is 0.0154. The fourth-order valence-electron chi connectivity index (χ4n) is 1.57. The van der Waals surface area contributed by atoms with Crippen LogP contribution in [0.5, 0.6) is 11.5 Å². The Balaban J connectivity index is 2.14. The van der Waals surface area contributed by atoms with Crippen molar-refractivity contribution in [2.24, 2.45) is 0 Å². The second-order valence-corrected chi connectivity index (χ2v) is 3.88. The molecule has 2 N–H and O–H groups in total. The van der Waals surface area contributed by atoms with E-state index < -0.39 is 11.8 Å². The van der Waals surface area contributed by atoms with Crippen molar-refractivity contribution in [1.29, 1.82) is 0 Å². The highest BCUT2D eigenvalue weighted by molar-refractivity contribution is 5.90.